The predicted molar refractivity (Wildman–Crippen MR) is 69.1 cm³/mol. The number of alkyl halides is 3. The minimum atomic E-state index is -4.83. The van der Waals surface area contributed by atoms with E-state index in [2.05, 4.69) is 9.72 Å². The number of halogens is 4. The lowest BCUT2D eigenvalue weighted by Gasteiger charge is -2.11. The average Bonchev–Trinajstić information content (AvgIpc) is 2.40. The van der Waals surface area contributed by atoms with E-state index >= 15 is 0 Å². The van der Waals surface area contributed by atoms with E-state index < -0.39 is 17.0 Å². The summed E-state index contributed by atoms with van der Waals surface area (Å²) in [7, 11) is 0. The molecule has 0 unspecified atom stereocenters. The van der Waals surface area contributed by atoms with Gasteiger partial charge in [0.25, 0.3) is 5.69 Å². The molecule has 0 saturated carbocycles. The number of aromatic nitrogens is 1. The summed E-state index contributed by atoms with van der Waals surface area (Å²) < 4.78 is 45.1. The molecule has 0 spiro atoms. The minimum absolute atomic E-state index is 0.00279. The van der Waals surface area contributed by atoms with Gasteiger partial charge in [0.05, 0.1) is 9.95 Å². The van der Waals surface area contributed by atoms with Crippen molar-refractivity contribution in [3.63, 3.8) is 0 Å². The molecule has 0 aliphatic rings. The second-order valence-corrected chi connectivity index (χ2v) is 4.26. The predicted octanol–water partition coefficient (Wildman–Crippen LogP) is 4.33. The highest BCUT2D eigenvalue weighted by Crippen LogP contribution is 2.34. The van der Waals surface area contributed by atoms with Gasteiger partial charge in [-0.2, -0.15) is 0 Å². The molecule has 0 aliphatic heterocycles. The fourth-order valence-electron chi connectivity index (χ4n) is 1.41. The normalized spacial score (nSPS) is 11.1. The highest BCUT2D eigenvalue weighted by atomic mass is 35.5. The molecule has 1 heterocycles. The fraction of sp³-hybridized carbons (Fsp3) is 0.0833. The zero-order valence-corrected chi connectivity index (χ0v) is 11.3. The summed E-state index contributed by atoms with van der Waals surface area (Å²) in [6.45, 7) is 0. The Kier molecular flexibility index (Phi) is 4.36. The molecule has 0 atom stereocenters. The number of pyridine rings is 1. The van der Waals surface area contributed by atoms with Crippen LogP contribution in [0.2, 0.25) is 5.02 Å². The smallest absolute Gasteiger partial charge is 0.437 e. The van der Waals surface area contributed by atoms with E-state index in [1.165, 1.54) is 6.07 Å². The lowest BCUT2D eigenvalue weighted by atomic mass is 10.3. The van der Waals surface area contributed by atoms with E-state index in [0.29, 0.717) is 0 Å². The van der Waals surface area contributed by atoms with Crippen molar-refractivity contribution in [1.29, 1.82) is 0 Å². The van der Waals surface area contributed by atoms with Crippen molar-refractivity contribution in [1.82, 2.24) is 4.98 Å². The lowest BCUT2D eigenvalue weighted by molar-refractivity contribution is -0.385. The van der Waals surface area contributed by atoms with Gasteiger partial charge in [-0.1, -0.05) is 11.6 Å². The van der Waals surface area contributed by atoms with Crippen molar-refractivity contribution in [2.75, 3.05) is 0 Å². The van der Waals surface area contributed by atoms with Gasteiger partial charge < -0.3 is 9.47 Å². The van der Waals surface area contributed by atoms with Gasteiger partial charge in [-0.15, -0.1) is 13.2 Å². The van der Waals surface area contributed by atoms with Crippen LogP contribution in [0.25, 0.3) is 0 Å². The van der Waals surface area contributed by atoms with Crippen LogP contribution < -0.4 is 9.47 Å². The molecule has 2 rings (SSSR count). The van der Waals surface area contributed by atoms with Crippen LogP contribution in [0.4, 0.5) is 18.9 Å². The summed E-state index contributed by atoms with van der Waals surface area (Å²) in [4.78, 5) is 13.5. The Morgan fingerprint density at radius 1 is 1.23 bits per heavy atom. The molecule has 22 heavy (non-hydrogen) atoms. The SMILES string of the molecule is O=[N+]([O-])c1ccc(Oc2ccc(OC(F)(F)F)cc2Cl)nc1. The molecular formula is C12H6ClF3N2O4. The van der Waals surface area contributed by atoms with Crippen molar-refractivity contribution in [2.24, 2.45) is 0 Å². The van der Waals surface area contributed by atoms with Crippen molar-refractivity contribution >= 4 is 17.3 Å². The van der Waals surface area contributed by atoms with E-state index in [9.17, 15) is 23.3 Å². The molecule has 1 aromatic heterocycles. The molecule has 0 saturated heterocycles. The third-order valence-electron chi connectivity index (χ3n) is 2.28. The second-order valence-electron chi connectivity index (χ2n) is 3.85. The maximum atomic E-state index is 12.1. The van der Waals surface area contributed by atoms with E-state index in [1.807, 2.05) is 0 Å². The van der Waals surface area contributed by atoms with E-state index in [-0.39, 0.29) is 22.3 Å². The highest BCUT2D eigenvalue weighted by molar-refractivity contribution is 6.32. The van der Waals surface area contributed by atoms with Gasteiger partial charge in [-0.05, 0) is 12.1 Å². The highest BCUT2D eigenvalue weighted by Gasteiger charge is 2.31. The number of rotatable bonds is 4. The second kappa shape index (κ2) is 6.06. The molecule has 6 nitrogen and oxygen atoms in total. The van der Waals surface area contributed by atoms with Crippen molar-refractivity contribution in [3.8, 4) is 17.4 Å². The Morgan fingerprint density at radius 2 is 1.95 bits per heavy atom. The van der Waals surface area contributed by atoms with E-state index in [1.54, 1.807) is 0 Å². The first-order valence-electron chi connectivity index (χ1n) is 5.58. The molecule has 2 aromatic rings. The van der Waals surface area contributed by atoms with Gasteiger partial charge in [-0.3, -0.25) is 10.1 Å². The monoisotopic (exact) mass is 334 g/mol. The first-order valence-corrected chi connectivity index (χ1v) is 5.96. The molecule has 1 aromatic carbocycles. The van der Waals surface area contributed by atoms with Crippen LogP contribution in [0, 0.1) is 10.1 Å². The first-order chi connectivity index (χ1) is 10.2. The quantitative estimate of drug-likeness (QED) is 0.614. The maximum Gasteiger partial charge on any atom is 0.573 e. The van der Waals surface area contributed by atoms with Crippen molar-refractivity contribution in [2.45, 2.75) is 6.36 Å². The van der Waals surface area contributed by atoms with Crippen LogP contribution in [-0.4, -0.2) is 16.3 Å². The largest absolute Gasteiger partial charge is 0.573 e. The summed E-state index contributed by atoms with van der Waals surface area (Å²) >= 11 is 5.78. The number of hydrogen-bond donors (Lipinski definition) is 0. The van der Waals surface area contributed by atoms with Crippen molar-refractivity contribution < 1.29 is 27.6 Å². The Morgan fingerprint density at radius 3 is 2.45 bits per heavy atom. The summed E-state index contributed by atoms with van der Waals surface area (Å²) in [5, 5.41) is 10.3. The Balaban J connectivity index is 2.14. The third-order valence-corrected chi connectivity index (χ3v) is 2.58. The Labute approximate surface area is 126 Å². The van der Waals surface area contributed by atoms with Crippen LogP contribution in [0.5, 0.6) is 17.4 Å². The van der Waals surface area contributed by atoms with Crippen LogP contribution in [-0.2, 0) is 0 Å². The van der Waals surface area contributed by atoms with E-state index in [4.69, 9.17) is 16.3 Å². The van der Waals surface area contributed by atoms with Crippen LogP contribution >= 0.6 is 11.6 Å². The molecule has 0 radical (unpaired) electrons. The topological polar surface area (TPSA) is 74.5 Å². The zero-order chi connectivity index (χ0) is 16.3. The van der Waals surface area contributed by atoms with Gasteiger partial charge >= 0.3 is 6.36 Å². The molecule has 0 aliphatic carbocycles. The van der Waals surface area contributed by atoms with Crippen LogP contribution in [0.3, 0.4) is 0 Å². The summed E-state index contributed by atoms with van der Waals surface area (Å²) in [6, 6.07) is 5.49. The Bertz CT molecular complexity index is 692. The maximum absolute atomic E-state index is 12.1. The lowest BCUT2D eigenvalue weighted by Crippen LogP contribution is -2.17. The number of nitrogens with zero attached hydrogens (tertiary/aromatic N) is 2. The minimum Gasteiger partial charge on any atom is -0.437 e. The summed E-state index contributed by atoms with van der Waals surface area (Å²) in [6.07, 6.45) is -3.85. The molecule has 0 bridgehead atoms. The van der Waals surface area contributed by atoms with Gasteiger partial charge in [0, 0.05) is 18.2 Å². The summed E-state index contributed by atoms with van der Waals surface area (Å²) in [5.41, 5.74) is -0.229. The molecule has 0 fully saturated rings. The van der Waals surface area contributed by atoms with Crippen LogP contribution in [0.1, 0.15) is 0 Å². The standard InChI is InChI=1S/C12H6ClF3N2O4/c13-9-5-8(22-12(14,15)16)2-3-10(9)21-11-4-1-7(6-17-11)18(19)20/h1-6H. The average molecular weight is 335 g/mol. The van der Waals surface area contributed by atoms with E-state index in [0.717, 1.165) is 30.5 Å². The number of hydrogen-bond acceptors (Lipinski definition) is 5. The number of ether oxygens (including phenoxy) is 2. The van der Waals surface area contributed by atoms with Gasteiger partial charge in [0.2, 0.25) is 5.88 Å². The fourth-order valence-corrected chi connectivity index (χ4v) is 1.62. The third kappa shape index (κ3) is 4.22. The Hall–Kier alpha value is -2.55. The molecule has 10 heteroatoms. The zero-order valence-electron chi connectivity index (χ0n) is 10.5. The first kappa shape index (κ1) is 15.8. The number of nitro groups is 1. The molecule has 116 valence electrons. The molecule has 0 amide bonds. The van der Waals surface area contributed by atoms with Crippen LogP contribution in [0.15, 0.2) is 36.5 Å². The molecular weight excluding hydrogens is 329 g/mol. The van der Waals surface area contributed by atoms with Gasteiger partial charge in [-0.25, -0.2) is 4.98 Å². The van der Waals surface area contributed by atoms with Gasteiger partial charge in [0.1, 0.15) is 17.7 Å². The molecule has 0 N–H and O–H groups in total. The summed E-state index contributed by atoms with van der Waals surface area (Å²) in [5.74, 6) is -0.476. The van der Waals surface area contributed by atoms with Gasteiger partial charge in [0.15, 0.2) is 0 Å². The number of benzene rings is 1. The van der Waals surface area contributed by atoms with Crippen molar-refractivity contribution in [3.05, 3.63) is 51.7 Å².